The Bertz CT molecular complexity index is 546. The summed E-state index contributed by atoms with van der Waals surface area (Å²) in [6.45, 7) is 0. The molecule has 0 bridgehead atoms. The minimum atomic E-state index is -0.400. The standard InChI is InChI=1S/C10H4ClFN2/c11-10-6(5-13)4-7-8(12)2-1-3-9(7)14-10/h1-4H. The third-order valence-corrected chi connectivity index (χ3v) is 2.17. The Kier molecular flexibility index (Phi) is 2.06. The van der Waals surface area contributed by atoms with E-state index in [0.29, 0.717) is 10.9 Å². The molecular weight excluding hydrogens is 203 g/mol. The van der Waals surface area contributed by atoms with Gasteiger partial charge in [-0.05, 0) is 18.2 Å². The van der Waals surface area contributed by atoms with Gasteiger partial charge in [-0.25, -0.2) is 9.37 Å². The predicted octanol–water partition coefficient (Wildman–Crippen LogP) is 2.90. The summed E-state index contributed by atoms with van der Waals surface area (Å²) < 4.78 is 13.2. The van der Waals surface area contributed by atoms with Crippen LogP contribution in [0.5, 0.6) is 0 Å². The number of benzene rings is 1. The van der Waals surface area contributed by atoms with Crippen molar-refractivity contribution in [2.75, 3.05) is 0 Å². The van der Waals surface area contributed by atoms with Gasteiger partial charge in [-0.1, -0.05) is 17.7 Å². The maximum atomic E-state index is 13.2. The van der Waals surface area contributed by atoms with E-state index < -0.39 is 5.82 Å². The molecule has 68 valence electrons. The summed E-state index contributed by atoms with van der Waals surface area (Å²) in [4.78, 5) is 3.91. The molecule has 1 aromatic heterocycles. The lowest BCUT2D eigenvalue weighted by Crippen LogP contribution is -1.87. The second kappa shape index (κ2) is 3.24. The number of hydrogen-bond acceptors (Lipinski definition) is 2. The second-order valence-electron chi connectivity index (χ2n) is 2.75. The van der Waals surface area contributed by atoms with Crippen LogP contribution in [0.4, 0.5) is 4.39 Å². The molecule has 0 aliphatic heterocycles. The van der Waals surface area contributed by atoms with Gasteiger partial charge in [-0.2, -0.15) is 5.26 Å². The van der Waals surface area contributed by atoms with Gasteiger partial charge in [0.2, 0.25) is 0 Å². The van der Waals surface area contributed by atoms with Gasteiger partial charge >= 0.3 is 0 Å². The zero-order valence-corrected chi connectivity index (χ0v) is 7.72. The third kappa shape index (κ3) is 1.30. The van der Waals surface area contributed by atoms with Crippen LogP contribution in [0, 0.1) is 17.1 Å². The summed E-state index contributed by atoms with van der Waals surface area (Å²) in [5.74, 6) is -0.400. The van der Waals surface area contributed by atoms with E-state index in [0.717, 1.165) is 0 Å². The number of halogens is 2. The molecule has 0 amide bonds. The van der Waals surface area contributed by atoms with Gasteiger partial charge in [-0.15, -0.1) is 0 Å². The molecule has 0 atom stereocenters. The highest BCUT2D eigenvalue weighted by Crippen LogP contribution is 2.21. The largest absolute Gasteiger partial charge is 0.235 e. The van der Waals surface area contributed by atoms with Crippen molar-refractivity contribution in [3.8, 4) is 6.07 Å². The van der Waals surface area contributed by atoms with E-state index >= 15 is 0 Å². The highest BCUT2D eigenvalue weighted by molar-refractivity contribution is 6.31. The van der Waals surface area contributed by atoms with Crippen molar-refractivity contribution < 1.29 is 4.39 Å². The number of fused-ring (bicyclic) bond motifs is 1. The van der Waals surface area contributed by atoms with E-state index in [1.54, 1.807) is 12.1 Å². The average molecular weight is 207 g/mol. The average Bonchev–Trinajstić information content (AvgIpc) is 2.17. The second-order valence-corrected chi connectivity index (χ2v) is 3.10. The van der Waals surface area contributed by atoms with Crippen molar-refractivity contribution in [1.29, 1.82) is 5.26 Å². The van der Waals surface area contributed by atoms with Crippen molar-refractivity contribution in [2.45, 2.75) is 0 Å². The van der Waals surface area contributed by atoms with E-state index in [9.17, 15) is 4.39 Å². The Labute approximate surface area is 84.6 Å². The van der Waals surface area contributed by atoms with Crippen LogP contribution in [0.2, 0.25) is 5.15 Å². The lowest BCUT2D eigenvalue weighted by atomic mass is 10.1. The minimum absolute atomic E-state index is 0.102. The number of hydrogen-bond donors (Lipinski definition) is 0. The van der Waals surface area contributed by atoms with Crippen molar-refractivity contribution in [3.05, 3.63) is 40.8 Å². The monoisotopic (exact) mass is 206 g/mol. The first kappa shape index (κ1) is 8.92. The first-order valence-corrected chi connectivity index (χ1v) is 4.25. The lowest BCUT2D eigenvalue weighted by molar-refractivity contribution is 0.639. The van der Waals surface area contributed by atoms with E-state index in [1.807, 2.05) is 6.07 Å². The molecular formula is C10H4ClFN2. The summed E-state index contributed by atoms with van der Waals surface area (Å²) in [6.07, 6.45) is 0. The summed E-state index contributed by atoms with van der Waals surface area (Å²) in [5, 5.41) is 9.09. The molecule has 2 aromatic rings. The van der Waals surface area contributed by atoms with Crippen LogP contribution in [-0.4, -0.2) is 4.98 Å². The van der Waals surface area contributed by atoms with Crippen LogP contribution in [0.25, 0.3) is 10.9 Å². The highest BCUT2D eigenvalue weighted by Gasteiger charge is 2.06. The van der Waals surface area contributed by atoms with Gasteiger partial charge in [0, 0.05) is 5.39 Å². The molecule has 0 saturated carbocycles. The fraction of sp³-hybridized carbons (Fsp3) is 0. The molecule has 0 unspecified atom stereocenters. The molecule has 4 heteroatoms. The summed E-state index contributed by atoms with van der Waals surface area (Å²) >= 11 is 5.70. The fourth-order valence-corrected chi connectivity index (χ4v) is 1.40. The van der Waals surface area contributed by atoms with Gasteiger partial charge in [0.05, 0.1) is 11.1 Å². The lowest BCUT2D eigenvalue weighted by Gasteiger charge is -2.00. The number of nitriles is 1. The molecule has 0 aliphatic rings. The van der Waals surface area contributed by atoms with Crippen LogP contribution >= 0.6 is 11.6 Å². The summed E-state index contributed by atoms with van der Waals surface area (Å²) in [5.41, 5.74) is 0.637. The fourth-order valence-electron chi connectivity index (χ4n) is 1.21. The Balaban J connectivity index is 2.89. The third-order valence-electron chi connectivity index (χ3n) is 1.88. The molecule has 0 radical (unpaired) electrons. The number of aromatic nitrogens is 1. The summed E-state index contributed by atoms with van der Waals surface area (Å²) in [6, 6.07) is 7.77. The first-order valence-electron chi connectivity index (χ1n) is 3.87. The van der Waals surface area contributed by atoms with Crippen LogP contribution < -0.4 is 0 Å². The smallest absolute Gasteiger partial charge is 0.147 e. The van der Waals surface area contributed by atoms with Crippen molar-refractivity contribution in [2.24, 2.45) is 0 Å². The Morgan fingerprint density at radius 1 is 1.43 bits per heavy atom. The molecule has 0 N–H and O–H groups in total. The van der Waals surface area contributed by atoms with Crippen LogP contribution in [0.15, 0.2) is 24.3 Å². The molecule has 0 aliphatic carbocycles. The van der Waals surface area contributed by atoms with Gasteiger partial charge < -0.3 is 0 Å². The van der Waals surface area contributed by atoms with Gasteiger partial charge in [-0.3, -0.25) is 0 Å². The predicted molar refractivity (Wildman–Crippen MR) is 51.4 cm³/mol. The van der Waals surface area contributed by atoms with Gasteiger partial charge in [0.15, 0.2) is 0 Å². The SMILES string of the molecule is N#Cc1cc2c(F)cccc2nc1Cl. The van der Waals surface area contributed by atoms with E-state index in [1.165, 1.54) is 12.1 Å². The highest BCUT2D eigenvalue weighted by atomic mass is 35.5. The maximum absolute atomic E-state index is 13.2. The van der Waals surface area contributed by atoms with Crippen LogP contribution in [0.1, 0.15) is 5.56 Å². The van der Waals surface area contributed by atoms with Crippen LogP contribution in [-0.2, 0) is 0 Å². The van der Waals surface area contributed by atoms with Gasteiger partial charge in [0.25, 0.3) is 0 Å². The molecule has 0 fully saturated rings. The normalized spacial score (nSPS) is 10.1. The number of nitrogens with zero attached hydrogens (tertiary/aromatic N) is 2. The molecule has 2 rings (SSSR count). The molecule has 0 spiro atoms. The van der Waals surface area contributed by atoms with Crippen LogP contribution in [0.3, 0.4) is 0 Å². The minimum Gasteiger partial charge on any atom is -0.235 e. The summed E-state index contributed by atoms with van der Waals surface area (Å²) in [7, 11) is 0. The quantitative estimate of drug-likeness (QED) is 0.622. The molecule has 0 saturated heterocycles. The Hall–Kier alpha value is -1.66. The number of pyridine rings is 1. The van der Waals surface area contributed by atoms with Crippen molar-refractivity contribution in [3.63, 3.8) is 0 Å². The Morgan fingerprint density at radius 3 is 2.93 bits per heavy atom. The first-order chi connectivity index (χ1) is 6.72. The van der Waals surface area contributed by atoms with Crippen molar-refractivity contribution >= 4 is 22.5 Å². The van der Waals surface area contributed by atoms with E-state index in [-0.39, 0.29) is 10.7 Å². The molecule has 14 heavy (non-hydrogen) atoms. The molecule has 2 nitrogen and oxygen atoms in total. The molecule has 1 aromatic carbocycles. The zero-order chi connectivity index (χ0) is 10.1. The van der Waals surface area contributed by atoms with E-state index in [4.69, 9.17) is 16.9 Å². The number of rotatable bonds is 0. The topological polar surface area (TPSA) is 36.7 Å². The zero-order valence-electron chi connectivity index (χ0n) is 6.96. The van der Waals surface area contributed by atoms with Gasteiger partial charge in [0.1, 0.15) is 17.0 Å². The maximum Gasteiger partial charge on any atom is 0.147 e. The molecule has 1 heterocycles. The van der Waals surface area contributed by atoms with Crippen molar-refractivity contribution in [1.82, 2.24) is 4.98 Å². The Morgan fingerprint density at radius 2 is 2.21 bits per heavy atom. The van der Waals surface area contributed by atoms with E-state index in [2.05, 4.69) is 4.98 Å².